The number of hydrogen-bond acceptors (Lipinski definition) is 6. The van der Waals surface area contributed by atoms with Gasteiger partial charge in [0.25, 0.3) is 8.32 Å². The Morgan fingerprint density at radius 3 is 2.19 bits per heavy atom. The maximum Gasteiger partial charge on any atom is 0.408 e. The van der Waals surface area contributed by atoms with Gasteiger partial charge in [0.2, 0.25) is 5.89 Å². The molecule has 1 aliphatic carbocycles. The second-order valence-corrected chi connectivity index (χ2v) is 17.5. The highest BCUT2D eigenvalue weighted by Gasteiger charge is 2.50. The van der Waals surface area contributed by atoms with Gasteiger partial charge in [0.05, 0.1) is 6.61 Å². The van der Waals surface area contributed by atoms with Crippen LogP contribution in [0.1, 0.15) is 64.6 Å². The van der Waals surface area contributed by atoms with Crippen LogP contribution in [0.25, 0.3) is 11.1 Å². The molecule has 0 fully saturated rings. The van der Waals surface area contributed by atoms with E-state index in [1.165, 1.54) is 0 Å². The summed E-state index contributed by atoms with van der Waals surface area (Å²) < 4.78 is 34.3. The summed E-state index contributed by atoms with van der Waals surface area (Å²) in [7, 11) is -2.99. The predicted octanol–water partition coefficient (Wildman–Crippen LogP) is 6.02. The number of oxazole rings is 1. The largest absolute Gasteiger partial charge is 0.444 e. The summed E-state index contributed by atoms with van der Waals surface area (Å²) in [5.41, 5.74) is 0.826. The van der Waals surface area contributed by atoms with E-state index in [9.17, 15) is 9.59 Å². The number of nitrogens with one attached hydrogen (secondary N) is 1. The Bertz CT molecular complexity index is 1570. The molecule has 1 unspecified atom stereocenters. The molecule has 4 aromatic rings. The SMILES string of the molecule is CC(C)(C)OC(=O)N[C@@H](CO[Si](c1ccccc1)(c1ccccc1)C(C)(C)C)c1nc2cc3c(c(F)c2o1)CC(C=O)C3. The minimum absolute atomic E-state index is 0.00161. The zero-order chi connectivity index (χ0) is 31.0. The third kappa shape index (κ3) is 6.14. The Balaban J connectivity index is 1.57. The number of amides is 1. The number of ether oxygens (including phenoxy) is 1. The van der Waals surface area contributed by atoms with Crippen molar-refractivity contribution >= 4 is 42.2 Å². The monoisotopic (exact) mass is 602 g/mol. The van der Waals surface area contributed by atoms with Crippen LogP contribution in [-0.4, -0.2) is 37.9 Å². The molecule has 226 valence electrons. The highest BCUT2D eigenvalue weighted by molar-refractivity contribution is 6.99. The maximum atomic E-state index is 15.6. The number of fused-ring (bicyclic) bond motifs is 2. The number of nitrogens with zero attached hydrogens (tertiary/aromatic N) is 1. The van der Waals surface area contributed by atoms with Crippen LogP contribution in [0.3, 0.4) is 0 Å². The van der Waals surface area contributed by atoms with Gasteiger partial charge in [-0.25, -0.2) is 14.2 Å². The molecule has 1 aliphatic rings. The van der Waals surface area contributed by atoms with Gasteiger partial charge in [-0.2, -0.15) is 0 Å². The van der Waals surface area contributed by atoms with Crippen LogP contribution in [0, 0.1) is 11.7 Å². The van der Waals surface area contributed by atoms with E-state index in [1.807, 2.05) is 36.4 Å². The number of aromatic nitrogens is 1. The van der Waals surface area contributed by atoms with Gasteiger partial charge >= 0.3 is 6.09 Å². The standard InChI is InChI=1S/C34H39FN2O5Si/c1-33(2,3)42-32(39)37-28(31-36-27-19-23-17-22(20-38)18-26(23)29(35)30(27)41-31)21-40-43(34(4,5)6,24-13-9-7-10-14-24)25-15-11-8-12-16-25/h7-16,19-20,22,28H,17-18,21H2,1-6H3,(H,37,39)/t22?,28-/m0/s1. The van der Waals surface area contributed by atoms with Crippen molar-refractivity contribution < 1.29 is 27.6 Å². The van der Waals surface area contributed by atoms with Crippen molar-refractivity contribution in [3.05, 3.63) is 89.6 Å². The summed E-state index contributed by atoms with van der Waals surface area (Å²) in [5, 5.41) is 4.73. The lowest BCUT2D eigenvalue weighted by atomic mass is 10.1. The number of rotatable bonds is 8. The Labute approximate surface area is 252 Å². The molecule has 0 radical (unpaired) electrons. The van der Waals surface area contributed by atoms with E-state index in [4.69, 9.17) is 13.6 Å². The molecule has 0 saturated carbocycles. The predicted molar refractivity (Wildman–Crippen MR) is 167 cm³/mol. The fourth-order valence-electron chi connectivity index (χ4n) is 5.99. The van der Waals surface area contributed by atoms with Crippen molar-refractivity contribution in [1.29, 1.82) is 0 Å². The molecule has 7 nitrogen and oxygen atoms in total. The first-order valence-electron chi connectivity index (χ1n) is 14.6. The molecule has 43 heavy (non-hydrogen) atoms. The minimum Gasteiger partial charge on any atom is -0.444 e. The van der Waals surface area contributed by atoms with Gasteiger partial charge in [-0.1, -0.05) is 81.4 Å². The number of aldehydes is 1. The number of benzene rings is 3. The maximum absolute atomic E-state index is 15.6. The van der Waals surface area contributed by atoms with Gasteiger partial charge in [0.1, 0.15) is 23.4 Å². The van der Waals surface area contributed by atoms with E-state index in [-0.39, 0.29) is 29.0 Å². The van der Waals surface area contributed by atoms with Crippen molar-refractivity contribution in [2.24, 2.45) is 5.92 Å². The lowest BCUT2D eigenvalue weighted by molar-refractivity contribution is -0.110. The molecule has 0 saturated heterocycles. The van der Waals surface area contributed by atoms with Crippen LogP contribution in [0.5, 0.6) is 0 Å². The molecular weight excluding hydrogens is 563 g/mol. The summed E-state index contributed by atoms with van der Waals surface area (Å²) in [6.07, 6.45) is 0.989. The molecule has 1 amide bonds. The third-order valence-electron chi connectivity index (χ3n) is 7.85. The van der Waals surface area contributed by atoms with Gasteiger partial charge < -0.3 is 23.7 Å². The molecule has 1 aromatic heterocycles. The summed E-state index contributed by atoms with van der Waals surface area (Å²) in [6, 6.07) is 21.2. The van der Waals surface area contributed by atoms with E-state index >= 15 is 4.39 Å². The molecule has 0 bridgehead atoms. The van der Waals surface area contributed by atoms with Crippen LogP contribution >= 0.6 is 0 Å². The van der Waals surface area contributed by atoms with Gasteiger partial charge in [-0.3, -0.25) is 0 Å². The number of alkyl carbamates (subject to hydrolysis) is 1. The molecule has 3 aromatic carbocycles. The van der Waals surface area contributed by atoms with Gasteiger partial charge in [-0.05, 0) is 66.2 Å². The van der Waals surface area contributed by atoms with E-state index in [0.29, 0.717) is 23.9 Å². The van der Waals surface area contributed by atoms with Crippen LogP contribution in [0.15, 0.2) is 71.1 Å². The van der Waals surface area contributed by atoms with Crippen molar-refractivity contribution in [3.8, 4) is 0 Å². The first-order valence-corrected chi connectivity index (χ1v) is 16.5. The summed E-state index contributed by atoms with van der Waals surface area (Å²) in [6.45, 7) is 11.8. The molecule has 0 aliphatic heterocycles. The normalized spacial score (nSPS) is 16.1. The van der Waals surface area contributed by atoms with Gasteiger partial charge in [-0.15, -0.1) is 0 Å². The minimum atomic E-state index is -2.99. The highest BCUT2D eigenvalue weighted by atomic mass is 28.4. The van der Waals surface area contributed by atoms with Crippen molar-refractivity contribution in [2.75, 3.05) is 6.61 Å². The third-order valence-corrected chi connectivity index (χ3v) is 12.9. The molecule has 0 spiro atoms. The van der Waals surface area contributed by atoms with E-state index in [0.717, 1.165) is 22.2 Å². The van der Waals surface area contributed by atoms with Crippen LogP contribution in [0.2, 0.25) is 5.04 Å². The van der Waals surface area contributed by atoms with Crippen LogP contribution < -0.4 is 15.7 Å². The second kappa shape index (κ2) is 11.7. The smallest absolute Gasteiger partial charge is 0.408 e. The number of carbonyl (C=O) groups excluding carboxylic acids is 2. The Morgan fingerprint density at radius 1 is 1.05 bits per heavy atom. The number of hydrogen-bond donors (Lipinski definition) is 1. The topological polar surface area (TPSA) is 90.7 Å². The summed E-state index contributed by atoms with van der Waals surface area (Å²) in [4.78, 5) is 29.1. The Kier molecular flexibility index (Phi) is 8.33. The fourth-order valence-corrected chi connectivity index (χ4v) is 10.6. The zero-order valence-electron chi connectivity index (χ0n) is 25.6. The van der Waals surface area contributed by atoms with Crippen LogP contribution in [-0.2, 0) is 26.8 Å². The Hall–Kier alpha value is -3.82. The molecule has 5 rings (SSSR count). The second-order valence-electron chi connectivity index (χ2n) is 13.2. The molecule has 1 heterocycles. The summed E-state index contributed by atoms with van der Waals surface area (Å²) >= 11 is 0. The highest BCUT2D eigenvalue weighted by Crippen LogP contribution is 2.38. The van der Waals surface area contributed by atoms with Crippen molar-refractivity contribution in [3.63, 3.8) is 0 Å². The first-order chi connectivity index (χ1) is 20.3. The zero-order valence-corrected chi connectivity index (χ0v) is 26.6. The summed E-state index contributed by atoms with van der Waals surface area (Å²) in [5.74, 6) is -0.648. The average molecular weight is 603 g/mol. The molecule has 1 N–H and O–H groups in total. The molecular formula is C34H39FN2O5Si. The van der Waals surface area contributed by atoms with Crippen molar-refractivity contribution in [1.82, 2.24) is 10.3 Å². The van der Waals surface area contributed by atoms with Gasteiger partial charge in [0.15, 0.2) is 11.4 Å². The van der Waals surface area contributed by atoms with E-state index in [2.05, 4.69) is 55.3 Å². The van der Waals surface area contributed by atoms with E-state index in [1.54, 1.807) is 26.8 Å². The number of halogens is 1. The lowest BCUT2D eigenvalue weighted by Crippen LogP contribution is -2.67. The lowest BCUT2D eigenvalue weighted by Gasteiger charge is -2.43. The number of carbonyl (C=O) groups is 2. The average Bonchev–Trinajstić information content (AvgIpc) is 3.57. The van der Waals surface area contributed by atoms with Gasteiger partial charge in [0, 0.05) is 5.92 Å². The van der Waals surface area contributed by atoms with Crippen molar-refractivity contribution in [2.45, 2.75) is 71.1 Å². The van der Waals surface area contributed by atoms with Crippen LogP contribution in [0.4, 0.5) is 9.18 Å². The fraction of sp³-hybridized carbons (Fsp3) is 0.382. The molecule has 2 atom stereocenters. The Morgan fingerprint density at radius 2 is 1.65 bits per heavy atom. The van der Waals surface area contributed by atoms with E-state index < -0.39 is 31.9 Å². The molecule has 9 heteroatoms. The quantitative estimate of drug-likeness (QED) is 0.196. The first kappa shape index (κ1) is 30.6.